The maximum absolute atomic E-state index is 12.8. The van der Waals surface area contributed by atoms with Gasteiger partial charge in [0.05, 0.1) is 6.04 Å². The number of nitrogens with zero attached hydrogens (tertiary/aromatic N) is 2. The summed E-state index contributed by atoms with van der Waals surface area (Å²) in [5.74, 6) is -1.12. The molecule has 0 spiro atoms. The summed E-state index contributed by atoms with van der Waals surface area (Å²) in [5, 5.41) is 4.75. The van der Waals surface area contributed by atoms with Gasteiger partial charge in [0.25, 0.3) is 5.91 Å². The number of ketones is 1. The Hall–Kier alpha value is -3.07. The lowest BCUT2D eigenvalue weighted by atomic mass is 9.82. The third-order valence-electron chi connectivity index (χ3n) is 6.18. The summed E-state index contributed by atoms with van der Waals surface area (Å²) >= 11 is 1.21. The Kier molecular flexibility index (Phi) is 11.0. The van der Waals surface area contributed by atoms with E-state index in [-0.39, 0.29) is 28.8 Å². The number of rotatable bonds is 12. The number of hydrogen-bond acceptors (Lipinski definition) is 7. The van der Waals surface area contributed by atoms with Crippen molar-refractivity contribution in [3.8, 4) is 0 Å². The number of unbranched alkanes of at least 4 members (excludes halogenated alkanes) is 1. The second-order valence-corrected chi connectivity index (χ2v) is 11.2. The maximum Gasteiger partial charge on any atom is 0.303 e. The van der Waals surface area contributed by atoms with Gasteiger partial charge < -0.3 is 15.0 Å². The second kappa shape index (κ2) is 13.5. The Morgan fingerprint density at radius 1 is 1.14 bits per heavy atom. The van der Waals surface area contributed by atoms with Gasteiger partial charge in [-0.15, -0.1) is 11.3 Å². The molecule has 0 fully saturated rings. The number of amides is 2. The molecule has 37 heavy (non-hydrogen) atoms. The molecule has 1 N–H and O–H groups in total. The van der Waals surface area contributed by atoms with Gasteiger partial charge in [-0.2, -0.15) is 0 Å². The molecule has 0 saturated heterocycles. The van der Waals surface area contributed by atoms with Crippen molar-refractivity contribution in [1.29, 1.82) is 0 Å². The van der Waals surface area contributed by atoms with Crippen LogP contribution in [0.15, 0.2) is 35.7 Å². The summed E-state index contributed by atoms with van der Waals surface area (Å²) < 4.78 is 5.63. The average Bonchev–Trinajstić information content (AvgIpc) is 3.34. The fourth-order valence-corrected chi connectivity index (χ4v) is 4.94. The number of nitrogens with one attached hydrogen (secondary N) is 1. The molecule has 9 heteroatoms. The van der Waals surface area contributed by atoms with Crippen molar-refractivity contribution < 1.29 is 23.9 Å². The van der Waals surface area contributed by atoms with Gasteiger partial charge in [-0.3, -0.25) is 19.2 Å². The van der Waals surface area contributed by atoms with E-state index in [1.165, 1.54) is 18.3 Å². The Bertz CT molecular complexity index is 1080. The topological polar surface area (TPSA) is 106 Å². The largest absolute Gasteiger partial charge is 0.455 e. The predicted octanol–water partition coefficient (Wildman–Crippen LogP) is 5.20. The van der Waals surface area contributed by atoms with E-state index in [9.17, 15) is 19.2 Å². The zero-order valence-electron chi connectivity index (χ0n) is 22.9. The molecule has 202 valence electrons. The molecule has 0 aliphatic heterocycles. The van der Waals surface area contributed by atoms with Gasteiger partial charge >= 0.3 is 5.97 Å². The number of carbonyl (C=O) groups is 4. The minimum absolute atomic E-state index is 0.0413. The number of thiazole rings is 1. The van der Waals surface area contributed by atoms with Crippen LogP contribution in [0.25, 0.3) is 0 Å². The normalized spacial score (nSPS) is 13.8. The molecule has 0 radical (unpaired) electrons. The van der Waals surface area contributed by atoms with E-state index in [2.05, 4.69) is 10.3 Å². The Morgan fingerprint density at radius 2 is 1.78 bits per heavy atom. The lowest BCUT2D eigenvalue weighted by Gasteiger charge is -2.39. The summed E-state index contributed by atoms with van der Waals surface area (Å²) in [7, 11) is 1.78. The number of aromatic nitrogens is 1. The standard InChI is InChI=1S/C28H39N3O5S/c1-8-9-15-24(33)31(7)23(28(4,5)6)16-22(36-19(3)32)27-30-21(17-37-27)26(35)29-18(2)25(34)20-13-11-10-12-14-20/h10-14,17-18,22-23H,8-9,15-16H2,1-7H3,(H,29,35)/t18-,22-,23?/m1/s1. The van der Waals surface area contributed by atoms with E-state index in [0.717, 1.165) is 12.8 Å². The van der Waals surface area contributed by atoms with Crippen LogP contribution in [-0.4, -0.2) is 52.6 Å². The molecule has 0 aliphatic rings. The first-order chi connectivity index (χ1) is 17.3. The van der Waals surface area contributed by atoms with Crippen LogP contribution in [0, 0.1) is 5.41 Å². The molecule has 1 aromatic carbocycles. The van der Waals surface area contributed by atoms with Crippen LogP contribution in [0.2, 0.25) is 0 Å². The minimum atomic E-state index is -0.739. The first-order valence-corrected chi connectivity index (χ1v) is 13.5. The number of Topliss-reactive ketones (excluding diaryl/α,β-unsaturated/α-hetero) is 1. The van der Waals surface area contributed by atoms with E-state index in [0.29, 0.717) is 23.4 Å². The zero-order valence-corrected chi connectivity index (χ0v) is 23.7. The summed E-state index contributed by atoms with van der Waals surface area (Å²) in [6.45, 7) is 11.1. The Morgan fingerprint density at radius 3 is 2.35 bits per heavy atom. The van der Waals surface area contributed by atoms with Crippen LogP contribution in [0.4, 0.5) is 0 Å². The highest BCUT2D eigenvalue weighted by Gasteiger charge is 2.35. The van der Waals surface area contributed by atoms with Crippen molar-refractivity contribution in [3.05, 3.63) is 52.0 Å². The first kappa shape index (κ1) is 30.2. The van der Waals surface area contributed by atoms with Crippen LogP contribution >= 0.6 is 11.3 Å². The van der Waals surface area contributed by atoms with Crippen molar-refractivity contribution in [1.82, 2.24) is 15.2 Å². The van der Waals surface area contributed by atoms with Crippen molar-refractivity contribution >= 4 is 34.9 Å². The molecule has 3 atom stereocenters. The van der Waals surface area contributed by atoms with Gasteiger partial charge in [0.15, 0.2) is 11.9 Å². The lowest BCUT2D eigenvalue weighted by Crippen LogP contribution is -2.46. The Balaban J connectivity index is 2.21. The van der Waals surface area contributed by atoms with Gasteiger partial charge in [-0.05, 0) is 18.8 Å². The number of ether oxygens (including phenoxy) is 1. The lowest BCUT2D eigenvalue weighted by molar-refractivity contribution is -0.149. The highest BCUT2D eigenvalue weighted by atomic mass is 32.1. The number of carbonyl (C=O) groups excluding carboxylic acids is 4. The van der Waals surface area contributed by atoms with Crippen molar-refractivity contribution in [2.24, 2.45) is 5.41 Å². The monoisotopic (exact) mass is 529 g/mol. The average molecular weight is 530 g/mol. The van der Waals surface area contributed by atoms with E-state index < -0.39 is 24.0 Å². The molecule has 2 amide bonds. The molecule has 1 aromatic heterocycles. The predicted molar refractivity (Wildman–Crippen MR) is 144 cm³/mol. The van der Waals surface area contributed by atoms with E-state index in [4.69, 9.17) is 4.74 Å². The summed E-state index contributed by atoms with van der Waals surface area (Å²) in [6, 6.07) is 7.78. The second-order valence-electron chi connectivity index (χ2n) is 10.3. The maximum atomic E-state index is 12.8. The Labute approximate surface area is 223 Å². The molecule has 0 bridgehead atoms. The molecule has 2 aromatic rings. The van der Waals surface area contributed by atoms with Crippen LogP contribution in [0.1, 0.15) is 99.2 Å². The molecule has 2 rings (SSSR count). The summed E-state index contributed by atoms with van der Waals surface area (Å²) in [4.78, 5) is 56.4. The van der Waals surface area contributed by atoms with Gasteiger partial charge in [-0.1, -0.05) is 64.4 Å². The van der Waals surface area contributed by atoms with Gasteiger partial charge in [0.1, 0.15) is 10.7 Å². The third-order valence-corrected chi connectivity index (χ3v) is 7.12. The van der Waals surface area contributed by atoms with Crippen LogP contribution in [0.3, 0.4) is 0 Å². The fourth-order valence-electron chi connectivity index (χ4n) is 4.10. The first-order valence-electron chi connectivity index (χ1n) is 12.6. The molecular weight excluding hydrogens is 490 g/mol. The smallest absolute Gasteiger partial charge is 0.303 e. The quantitative estimate of drug-likeness (QED) is 0.299. The number of hydrogen-bond donors (Lipinski definition) is 1. The zero-order chi connectivity index (χ0) is 27.8. The summed E-state index contributed by atoms with van der Waals surface area (Å²) in [6.07, 6.45) is 1.81. The van der Waals surface area contributed by atoms with Crippen molar-refractivity contribution in [3.63, 3.8) is 0 Å². The summed E-state index contributed by atoms with van der Waals surface area (Å²) in [5.41, 5.74) is 0.360. The van der Waals surface area contributed by atoms with E-state index in [1.807, 2.05) is 33.8 Å². The fraction of sp³-hybridized carbons (Fsp3) is 0.536. The van der Waals surface area contributed by atoms with Crippen LogP contribution in [0.5, 0.6) is 0 Å². The van der Waals surface area contributed by atoms with Gasteiger partial charge in [0.2, 0.25) is 5.91 Å². The highest BCUT2D eigenvalue weighted by molar-refractivity contribution is 7.09. The molecule has 1 heterocycles. The SMILES string of the molecule is CCCCC(=O)N(C)C(C[C@@H](OC(C)=O)c1nc(C(=O)N[C@H](C)C(=O)c2ccccc2)cs1)C(C)(C)C. The van der Waals surface area contributed by atoms with Crippen LogP contribution < -0.4 is 5.32 Å². The molecule has 8 nitrogen and oxygen atoms in total. The molecule has 1 unspecified atom stereocenters. The van der Waals surface area contributed by atoms with E-state index >= 15 is 0 Å². The molecular formula is C28H39N3O5S. The van der Waals surface area contributed by atoms with E-state index in [1.54, 1.807) is 48.5 Å². The highest BCUT2D eigenvalue weighted by Crippen LogP contribution is 2.35. The molecule has 0 aliphatic carbocycles. The van der Waals surface area contributed by atoms with Gasteiger partial charge in [0, 0.05) is 43.8 Å². The van der Waals surface area contributed by atoms with Crippen molar-refractivity contribution in [2.75, 3.05) is 7.05 Å². The third kappa shape index (κ3) is 8.77. The number of benzene rings is 1. The number of esters is 1. The van der Waals surface area contributed by atoms with Crippen molar-refractivity contribution in [2.45, 2.75) is 85.4 Å². The van der Waals surface area contributed by atoms with Gasteiger partial charge in [-0.25, -0.2) is 4.98 Å². The minimum Gasteiger partial charge on any atom is -0.455 e. The molecule has 0 saturated carbocycles. The van der Waals surface area contributed by atoms with Crippen LogP contribution in [-0.2, 0) is 14.3 Å².